The van der Waals surface area contributed by atoms with Gasteiger partial charge in [0.25, 0.3) is 5.56 Å². The number of rotatable bonds is 1. The standard InChI is InChI=1S/C14H14N2O2/c1-9-15-12(8-13(17)16-9)11-6-2-4-10-5-3-7-18-14(10)11/h2,4,6,8H,3,5,7H2,1H3,(H,15,16,17). The Morgan fingerprint density at radius 2 is 2.28 bits per heavy atom. The van der Waals surface area contributed by atoms with Crippen LogP contribution in [0.15, 0.2) is 29.1 Å². The Morgan fingerprint density at radius 1 is 1.39 bits per heavy atom. The lowest BCUT2D eigenvalue weighted by Crippen LogP contribution is -2.12. The van der Waals surface area contributed by atoms with Crippen molar-refractivity contribution >= 4 is 0 Å². The van der Waals surface area contributed by atoms with Gasteiger partial charge in [-0.1, -0.05) is 12.1 Å². The lowest BCUT2D eigenvalue weighted by atomic mass is 10.0. The smallest absolute Gasteiger partial charge is 0.251 e. The van der Waals surface area contributed by atoms with Crippen LogP contribution >= 0.6 is 0 Å². The summed E-state index contributed by atoms with van der Waals surface area (Å²) in [7, 11) is 0. The number of aromatic amines is 1. The number of aromatic nitrogens is 2. The molecular formula is C14H14N2O2. The maximum absolute atomic E-state index is 11.5. The van der Waals surface area contributed by atoms with Gasteiger partial charge in [0.1, 0.15) is 11.6 Å². The molecule has 0 spiro atoms. The molecule has 2 aromatic rings. The van der Waals surface area contributed by atoms with Crippen LogP contribution in [0.4, 0.5) is 0 Å². The molecule has 1 aromatic carbocycles. The summed E-state index contributed by atoms with van der Waals surface area (Å²) in [5.41, 5.74) is 2.64. The van der Waals surface area contributed by atoms with Crippen molar-refractivity contribution in [2.45, 2.75) is 19.8 Å². The minimum atomic E-state index is -0.133. The highest BCUT2D eigenvalue weighted by atomic mass is 16.5. The first-order chi connectivity index (χ1) is 8.74. The van der Waals surface area contributed by atoms with Crippen LogP contribution in [-0.4, -0.2) is 16.6 Å². The lowest BCUT2D eigenvalue weighted by Gasteiger charge is -2.20. The third kappa shape index (κ3) is 1.90. The second-order valence-electron chi connectivity index (χ2n) is 4.46. The van der Waals surface area contributed by atoms with E-state index in [4.69, 9.17) is 4.74 Å². The Hall–Kier alpha value is -2.10. The molecule has 0 bridgehead atoms. The zero-order chi connectivity index (χ0) is 12.5. The molecule has 0 amide bonds. The van der Waals surface area contributed by atoms with E-state index in [1.165, 1.54) is 11.6 Å². The Balaban J connectivity index is 2.19. The van der Waals surface area contributed by atoms with Crippen LogP contribution in [0.3, 0.4) is 0 Å². The van der Waals surface area contributed by atoms with E-state index in [1.54, 1.807) is 6.92 Å². The van der Waals surface area contributed by atoms with Gasteiger partial charge >= 0.3 is 0 Å². The summed E-state index contributed by atoms with van der Waals surface area (Å²) in [4.78, 5) is 18.5. The van der Waals surface area contributed by atoms with Crippen LogP contribution in [0.2, 0.25) is 0 Å². The highest BCUT2D eigenvalue weighted by molar-refractivity contribution is 5.69. The van der Waals surface area contributed by atoms with Crippen LogP contribution in [0, 0.1) is 6.92 Å². The van der Waals surface area contributed by atoms with Gasteiger partial charge in [-0.15, -0.1) is 0 Å². The first-order valence-electron chi connectivity index (χ1n) is 6.07. The first-order valence-corrected chi connectivity index (χ1v) is 6.07. The van der Waals surface area contributed by atoms with Crippen molar-refractivity contribution in [2.24, 2.45) is 0 Å². The predicted molar refractivity (Wildman–Crippen MR) is 68.8 cm³/mol. The van der Waals surface area contributed by atoms with Gasteiger partial charge in [0.2, 0.25) is 0 Å². The van der Waals surface area contributed by atoms with E-state index in [9.17, 15) is 4.79 Å². The van der Waals surface area contributed by atoms with Crippen molar-refractivity contribution in [1.29, 1.82) is 0 Å². The largest absolute Gasteiger partial charge is 0.493 e. The van der Waals surface area contributed by atoms with Gasteiger partial charge < -0.3 is 9.72 Å². The van der Waals surface area contributed by atoms with Gasteiger partial charge in [-0.2, -0.15) is 0 Å². The van der Waals surface area contributed by atoms with E-state index >= 15 is 0 Å². The first kappa shape index (κ1) is 11.0. The van der Waals surface area contributed by atoms with Gasteiger partial charge in [0.05, 0.1) is 12.3 Å². The normalized spacial score (nSPS) is 13.8. The lowest BCUT2D eigenvalue weighted by molar-refractivity contribution is 0.289. The summed E-state index contributed by atoms with van der Waals surface area (Å²) >= 11 is 0. The zero-order valence-corrected chi connectivity index (χ0v) is 10.2. The highest BCUT2D eigenvalue weighted by Crippen LogP contribution is 2.34. The van der Waals surface area contributed by atoms with Crippen LogP contribution in [0.5, 0.6) is 5.75 Å². The van der Waals surface area contributed by atoms with Gasteiger partial charge in [-0.25, -0.2) is 4.98 Å². The SMILES string of the molecule is Cc1nc(-c2cccc3c2OCCC3)cc(=O)[nH]1. The highest BCUT2D eigenvalue weighted by Gasteiger charge is 2.16. The van der Waals surface area contributed by atoms with Crippen molar-refractivity contribution in [1.82, 2.24) is 9.97 Å². The van der Waals surface area contributed by atoms with Crippen molar-refractivity contribution in [3.63, 3.8) is 0 Å². The van der Waals surface area contributed by atoms with Gasteiger partial charge in [0.15, 0.2) is 0 Å². The fourth-order valence-corrected chi connectivity index (χ4v) is 2.31. The summed E-state index contributed by atoms with van der Waals surface area (Å²) in [5.74, 6) is 1.49. The Morgan fingerprint density at radius 3 is 3.11 bits per heavy atom. The number of hydrogen-bond acceptors (Lipinski definition) is 3. The van der Waals surface area contributed by atoms with E-state index in [0.717, 1.165) is 30.8 Å². The van der Waals surface area contributed by atoms with Gasteiger partial charge in [-0.05, 0) is 31.4 Å². The van der Waals surface area contributed by atoms with E-state index in [0.29, 0.717) is 11.5 Å². The van der Waals surface area contributed by atoms with Crippen LogP contribution in [0.25, 0.3) is 11.3 Å². The van der Waals surface area contributed by atoms with Gasteiger partial charge in [-0.3, -0.25) is 4.79 Å². The van der Waals surface area contributed by atoms with Crippen molar-refractivity contribution in [3.8, 4) is 17.0 Å². The van der Waals surface area contributed by atoms with E-state index in [-0.39, 0.29) is 5.56 Å². The molecule has 3 rings (SSSR count). The maximum atomic E-state index is 11.5. The minimum absolute atomic E-state index is 0.133. The number of fused-ring (bicyclic) bond motifs is 1. The number of H-pyrrole nitrogens is 1. The van der Waals surface area contributed by atoms with Crippen molar-refractivity contribution in [3.05, 3.63) is 46.0 Å². The molecular weight excluding hydrogens is 228 g/mol. The minimum Gasteiger partial charge on any atom is -0.493 e. The fraction of sp³-hybridized carbons (Fsp3) is 0.286. The molecule has 0 fully saturated rings. The molecule has 0 saturated heterocycles. The maximum Gasteiger partial charge on any atom is 0.251 e. The molecule has 1 aliphatic heterocycles. The van der Waals surface area contributed by atoms with E-state index in [2.05, 4.69) is 16.0 Å². The quantitative estimate of drug-likeness (QED) is 0.832. The Bertz CT molecular complexity index is 646. The number of hydrogen-bond donors (Lipinski definition) is 1. The number of nitrogens with zero attached hydrogens (tertiary/aromatic N) is 1. The summed E-state index contributed by atoms with van der Waals surface area (Å²) < 4.78 is 5.74. The molecule has 0 atom stereocenters. The molecule has 1 N–H and O–H groups in total. The van der Waals surface area contributed by atoms with Gasteiger partial charge in [0, 0.05) is 11.6 Å². The number of para-hydroxylation sites is 1. The monoisotopic (exact) mass is 242 g/mol. The summed E-state index contributed by atoms with van der Waals surface area (Å²) in [6.45, 7) is 2.51. The number of ether oxygens (including phenoxy) is 1. The van der Waals surface area contributed by atoms with E-state index in [1.807, 2.05) is 12.1 Å². The molecule has 1 aromatic heterocycles. The fourth-order valence-electron chi connectivity index (χ4n) is 2.31. The molecule has 0 aliphatic carbocycles. The number of aryl methyl sites for hydroxylation is 2. The Kier molecular flexibility index (Phi) is 2.63. The third-order valence-corrected chi connectivity index (χ3v) is 3.07. The molecule has 4 nitrogen and oxygen atoms in total. The molecule has 1 aliphatic rings. The summed E-state index contributed by atoms with van der Waals surface area (Å²) in [6, 6.07) is 7.52. The second-order valence-corrected chi connectivity index (χ2v) is 4.46. The molecule has 0 saturated carbocycles. The Labute approximate surface area is 105 Å². The summed E-state index contributed by atoms with van der Waals surface area (Å²) in [6.07, 6.45) is 2.06. The van der Waals surface area contributed by atoms with Crippen molar-refractivity contribution in [2.75, 3.05) is 6.61 Å². The average molecular weight is 242 g/mol. The number of nitrogens with one attached hydrogen (secondary N) is 1. The second kappa shape index (κ2) is 4.29. The molecule has 18 heavy (non-hydrogen) atoms. The molecule has 92 valence electrons. The predicted octanol–water partition coefficient (Wildman–Crippen LogP) is 2.07. The molecule has 2 heterocycles. The molecule has 4 heteroatoms. The molecule has 0 unspecified atom stereocenters. The zero-order valence-electron chi connectivity index (χ0n) is 10.2. The van der Waals surface area contributed by atoms with Crippen LogP contribution in [0.1, 0.15) is 17.8 Å². The summed E-state index contributed by atoms with van der Waals surface area (Å²) in [5, 5.41) is 0. The average Bonchev–Trinajstić information content (AvgIpc) is 2.37. The van der Waals surface area contributed by atoms with Crippen molar-refractivity contribution < 1.29 is 4.74 Å². The third-order valence-electron chi connectivity index (χ3n) is 3.07. The van der Waals surface area contributed by atoms with E-state index < -0.39 is 0 Å². The molecule has 0 radical (unpaired) electrons. The number of benzene rings is 1. The van der Waals surface area contributed by atoms with Crippen LogP contribution in [-0.2, 0) is 6.42 Å². The van der Waals surface area contributed by atoms with Crippen LogP contribution < -0.4 is 10.3 Å². The topological polar surface area (TPSA) is 55.0 Å².